The molecule has 2 fully saturated rings. The highest BCUT2D eigenvalue weighted by Crippen LogP contribution is 2.43. The predicted molar refractivity (Wildman–Crippen MR) is 129 cm³/mol. The Morgan fingerprint density at radius 2 is 1.89 bits per heavy atom. The number of halogens is 4. The van der Waals surface area contributed by atoms with E-state index in [0.29, 0.717) is 31.4 Å². The van der Waals surface area contributed by atoms with Gasteiger partial charge in [-0.1, -0.05) is 0 Å². The van der Waals surface area contributed by atoms with Gasteiger partial charge in [-0.3, -0.25) is 9.48 Å². The number of hydrogen-bond donors (Lipinski definition) is 3. The molecule has 2 aliphatic rings. The molecule has 1 saturated carbocycles. The summed E-state index contributed by atoms with van der Waals surface area (Å²) in [5, 5.41) is 17.2. The minimum absolute atomic E-state index is 0.0710. The fourth-order valence-corrected chi connectivity index (χ4v) is 4.88. The van der Waals surface area contributed by atoms with Crippen molar-refractivity contribution < 1.29 is 32.2 Å². The van der Waals surface area contributed by atoms with Crippen LogP contribution in [-0.4, -0.2) is 44.6 Å². The molecule has 4 N–H and O–H groups in total. The van der Waals surface area contributed by atoms with Crippen LogP contribution in [0.4, 0.5) is 23.2 Å². The number of rotatable bonds is 5. The van der Waals surface area contributed by atoms with Crippen molar-refractivity contribution >= 4 is 11.6 Å². The summed E-state index contributed by atoms with van der Waals surface area (Å²) in [7, 11) is 1.63. The Bertz CT molecular complexity index is 1340. The molecule has 0 bridgehead atoms. The van der Waals surface area contributed by atoms with Crippen molar-refractivity contribution in [3.63, 3.8) is 0 Å². The van der Waals surface area contributed by atoms with Gasteiger partial charge in [0.15, 0.2) is 0 Å². The van der Waals surface area contributed by atoms with Crippen molar-refractivity contribution in [3.8, 4) is 11.3 Å². The van der Waals surface area contributed by atoms with Crippen LogP contribution in [0.15, 0.2) is 30.5 Å². The van der Waals surface area contributed by atoms with E-state index in [9.17, 15) is 27.5 Å². The lowest BCUT2D eigenvalue weighted by molar-refractivity contribution is -0.0392. The largest absolute Gasteiger partial charge is 0.385 e. The SMILES string of the molecule is Cn1ncc(NC(=O)c2ccc(F)c(-c3c(F)cc(C4(O)CCC4)cc3F)n2)c1[C@@H]1CC[C@@H](N)[C@@H](F)CO1. The Hall–Kier alpha value is -3.35. The normalized spacial score (nSPS) is 23.0. The first kappa shape index (κ1) is 26.3. The van der Waals surface area contributed by atoms with E-state index in [-0.39, 0.29) is 23.6 Å². The van der Waals surface area contributed by atoms with Gasteiger partial charge in [-0.25, -0.2) is 22.5 Å². The lowest BCUT2D eigenvalue weighted by atomic mass is 9.75. The molecule has 1 aliphatic heterocycles. The number of nitrogens with zero attached hydrogens (tertiary/aromatic N) is 3. The van der Waals surface area contributed by atoms with Gasteiger partial charge in [-0.05, 0) is 61.9 Å². The molecule has 0 unspecified atom stereocenters. The second-order valence-electron chi connectivity index (χ2n) is 9.83. The number of carbonyl (C=O) groups excluding carboxylic acids is 1. The second-order valence-corrected chi connectivity index (χ2v) is 9.83. The molecular weight excluding hydrogens is 506 g/mol. The van der Waals surface area contributed by atoms with Gasteiger partial charge in [0, 0.05) is 13.1 Å². The zero-order valence-corrected chi connectivity index (χ0v) is 20.6. The number of nitrogens with one attached hydrogen (secondary N) is 1. The van der Waals surface area contributed by atoms with Gasteiger partial charge < -0.3 is 20.9 Å². The monoisotopic (exact) mass is 533 g/mol. The number of anilines is 1. The smallest absolute Gasteiger partial charge is 0.274 e. The molecule has 12 heteroatoms. The van der Waals surface area contributed by atoms with E-state index < -0.39 is 58.5 Å². The molecule has 0 radical (unpaired) electrons. The fourth-order valence-electron chi connectivity index (χ4n) is 4.88. The summed E-state index contributed by atoms with van der Waals surface area (Å²) in [6, 6.07) is 3.24. The molecule has 3 aromatic rings. The maximum atomic E-state index is 15.0. The molecule has 0 spiro atoms. The molecule has 5 rings (SSSR count). The lowest BCUT2D eigenvalue weighted by Crippen LogP contribution is -2.33. The second kappa shape index (κ2) is 10.1. The number of carbonyl (C=O) groups is 1. The van der Waals surface area contributed by atoms with Crippen LogP contribution < -0.4 is 11.1 Å². The van der Waals surface area contributed by atoms with Crippen LogP contribution in [0, 0.1) is 17.5 Å². The quantitative estimate of drug-likeness (QED) is 0.427. The Morgan fingerprint density at radius 1 is 1.18 bits per heavy atom. The van der Waals surface area contributed by atoms with Crippen molar-refractivity contribution in [2.24, 2.45) is 12.8 Å². The van der Waals surface area contributed by atoms with Crippen molar-refractivity contribution in [1.82, 2.24) is 14.8 Å². The number of hydrogen-bond acceptors (Lipinski definition) is 6. The van der Waals surface area contributed by atoms with E-state index >= 15 is 0 Å². The number of aliphatic hydroxyl groups is 1. The highest BCUT2D eigenvalue weighted by molar-refractivity contribution is 6.03. The predicted octanol–water partition coefficient (Wildman–Crippen LogP) is 4.04. The van der Waals surface area contributed by atoms with Crippen LogP contribution >= 0.6 is 0 Å². The van der Waals surface area contributed by atoms with Crippen LogP contribution in [0.1, 0.15) is 60.0 Å². The highest BCUT2D eigenvalue weighted by Gasteiger charge is 2.38. The summed E-state index contributed by atoms with van der Waals surface area (Å²) in [5.41, 5.74) is 3.58. The number of nitrogens with two attached hydrogens (primary N) is 1. The third-order valence-corrected chi connectivity index (χ3v) is 7.30. The van der Waals surface area contributed by atoms with E-state index in [4.69, 9.17) is 10.5 Å². The molecule has 3 heterocycles. The van der Waals surface area contributed by atoms with Crippen molar-refractivity contribution in [3.05, 3.63) is 64.9 Å². The number of amides is 1. The maximum Gasteiger partial charge on any atom is 0.274 e. The molecular formula is C26H27F4N5O3. The van der Waals surface area contributed by atoms with Gasteiger partial charge in [0.25, 0.3) is 5.91 Å². The van der Waals surface area contributed by atoms with Crippen molar-refractivity contribution in [2.45, 2.75) is 56.0 Å². The Morgan fingerprint density at radius 3 is 2.55 bits per heavy atom. The van der Waals surface area contributed by atoms with E-state index in [1.165, 1.54) is 10.9 Å². The molecule has 202 valence electrons. The van der Waals surface area contributed by atoms with Crippen LogP contribution in [0.5, 0.6) is 0 Å². The van der Waals surface area contributed by atoms with E-state index in [1.807, 2.05) is 0 Å². The Kier molecular flexibility index (Phi) is 6.97. The van der Waals surface area contributed by atoms with Gasteiger partial charge in [-0.2, -0.15) is 5.10 Å². The Labute approximate surface area is 215 Å². The van der Waals surface area contributed by atoms with Gasteiger partial charge in [0.2, 0.25) is 0 Å². The minimum Gasteiger partial charge on any atom is -0.385 e. The third-order valence-electron chi connectivity index (χ3n) is 7.30. The zero-order chi connectivity index (χ0) is 27.2. The van der Waals surface area contributed by atoms with Gasteiger partial charge in [0.1, 0.15) is 41.1 Å². The number of aryl methyl sites for hydroxylation is 1. The summed E-state index contributed by atoms with van der Waals surface area (Å²) in [6.45, 7) is -0.208. The summed E-state index contributed by atoms with van der Waals surface area (Å²) >= 11 is 0. The summed E-state index contributed by atoms with van der Waals surface area (Å²) in [4.78, 5) is 17.0. The number of ether oxygens (including phenoxy) is 1. The van der Waals surface area contributed by atoms with E-state index in [0.717, 1.165) is 30.7 Å². The average Bonchev–Trinajstić information content (AvgIpc) is 3.13. The first-order valence-corrected chi connectivity index (χ1v) is 12.3. The van der Waals surface area contributed by atoms with E-state index in [2.05, 4.69) is 15.4 Å². The third kappa shape index (κ3) is 4.79. The van der Waals surface area contributed by atoms with Crippen molar-refractivity contribution in [2.75, 3.05) is 11.9 Å². The van der Waals surface area contributed by atoms with Crippen LogP contribution in [-0.2, 0) is 17.4 Å². The molecule has 8 nitrogen and oxygen atoms in total. The molecule has 1 saturated heterocycles. The number of benzene rings is 1. The molecule has 1 aliphatic carbocycles. The van der Waals surface area contributed by atoms with Crippen LogP contribution in [0.2, 0.25) is 0 Å². The fraction of sp³-hybridized carbons (Fsp3) is 0.423. The Balaban J connectivity index is 1.42. The minimum atomic E-state index is -1.32. The standard InChI is InChI=1S/C26H27F4N5O3/c1-35-24(21-6-4-18(31)17(30)12-38-21)20(11-32-35)34-25(36)19-5-3-14(27)23(33-19)22-15(28)9-13(10-16(22)29)26(37)7-2-8-26/h3,5,9-11,17-18,21,37H,2,4,6-8,12,31H2,1H3,(H,34,36)/t17-,18+,21-/m0/s1. The highest BCUT2D eigenvalue weighted by atomic mass is 19.1. The number of alkyl halides is 1. The van der Waals surface area contributed by atoms with Crippen LogP contribution in [0.3, 0.4) is 0 Å². The van der Waals surface area contributed by atoms with E-state index in [1.54, 1.807) is 7.05 Å². The number of pyridine rings is 1. The van der Waals surface area contributed by atoms with Crippen LogP contribution in [0.25, 0.3) is 11.3 Å². The molecule has 38 heavy (non-hydrogen) atoms. The zero-order valence-electron chi connectivity index (χ0n) is 20.6. The molecule has 1 amide bonds. The molecule has 1 aromatic carbocycles. The lowest BCUT2D eigenvalue weighted by Gasteiger charge is -2.37. The molecule has 3 atom stereocenters. The van der Waals surface area contributed by atoms with Crippen molar-refractivity contribution in [1.29, 1.82) is 0 Å². The van der Waals surface area contributed by atoms with Gasteiger partial charge in [0.05, 0.1) is 35.3 Å². The topological polar surface area (TPSA) is 115 Å². The summed E-state index contributed by atoms with van der Waals surface area (Å²) in [5.74, 6) is -4.02. The van der Waals surface area contributed by atoms with Gasteiger partial charge >= 0.3 is 0 Å². The van der Waals surface area contributed by atoms with Gasteiger partial charge in [-0.15, -0.1) is 0 Å². The molecule has 2 aromatic heterocycles. The summed E-state index contributed by atoms with van der Waals surface area (Å²) in [6.07, 6.45) is 1.70. The summed E-state index contributed by atoms with van der Waals surface area (Å²) < 4.78 is 65.8. The average molecular weight is 534 g/mol. The number of aromatic nitrogens is 3. The first-order valence-electron chi connectivity index (χ1n) is 12.3. The first-order chi connectivity index (χ1) is 18.1. The maximum absolute atomic E-state index is 15.0.